The summed E-state index contributed by atoms with van der Waals surface area (Å²) in [4.78, 5) is 11.1. The number of aliphatic hydroxyl groups excluding tert-OH is 1. The van der Waals surface area contributed by atoms with Gasteiger partial charge in [0.1, 0.15) is 18.2 Å². The number of carboxylic acid groups (broad SMARTS) is 1. The molecule has 0 radical (unpaired) electrons. The summed E-state index contributed by atoms with van der Waals surface area (Å²) in [5.41, 5.74) is 9.22. The largest absolute Gasteiger partial charge is 0.489 e. The fourth-order valence-corrected chi connectivity index (χ4v) is 3.44. The van der Waals surface area contributed by atoms with E-state index in [1.165, 1.54) is 0 Å². The van der Waals surface area contributed by atoms with Gasteiger partial charge in [0.05, 0.1) is 12.5 Å². The van der Waals surface area contributed by atoms with Crippen molar-refractivity contribution in [1.82, 2.24) is 0 Å². The van der Waals surface area contributed by atoms with Gasteiger partial charge in [0.25, 0.3) is 0 Å². The van der Waals surface area contributed by atoms with Crippen LogP contribution in [-0.4, -0.2) is 16.2 Å². The van der Waals surface area contributed by atoms with E-state index in [9.17, 15) is 9.90 Å². The Morgan fingerprint density at radius 2 is 1.84 bits per heavy atom. The lowest BCUT2D eigenvalue weighted by Gasteiger charge is -2.16. The van der Waals surface area contributed by atoms with Crippen LogP contribution in [0.15, 0.2) is 60.7 Å². The van der Waals surface area contributed by atoms with Crippen LogP contribution in [0.25, 0.3) is 11.1 Å². The zero-order chi connectivity index (χ0) is 22.5. The third kappa shape index (κ3) is 5.48. The Morgan fingerprint density at radius 1 is 1.10 bits per heavy atom. The van der Waals surface area contributed by atoms with Gasteiger partial charge in [-0.3, -0.25) is 4.79 Å². The maximum Gasteiger partial charge on any atom is 0.307 e. The Labute approximate surface area is 180 Å². The van der Waals surface area contributed by atoms with E-state index in [1.807, 2.05) is 0 Å². The van der Waals surface area contributed by atoms with Gasteiger partial charge in [0.2, 0.25) is 0 Å². The smallest absolute Gasteiger partial charge is 0.307 e. The second kappa shape index (κ2) is 9.73. The van der Waals surface area contributed by atoms with E-state index in [0.717, 1.165) is 5.56 Å². The molecule has 2 atom stereocenters. The number of ether oxygens (including phenoxy) is 1. The molecule has 3 aromatic carbocycles. The van der Waals surface area contributed by atoms with Gasteiger partial charge in [-0.25, -0.2) is 4.39 Å². The van der Waals surface area contributed by atoms with Crippen molar-refractivity contribution < 1.29 is 24.1 Å². The number of hydrogen-bond donors (Lipinski definition) is 3. The molecule has 0 aliphatic carbocycles. The van der Waals surface area contributed by atoms with Crippen LogP contribution in [-0.2, 0) is 17.8 Å². The summed E-state index contributed by atoms with van der Waals surface area (Å²) in [6.07, 6.45) is -0.901. The maximum atomic E-state index is 15.1. The molecule has 0 aliphatic rings. The standard InChI is InChI=1S/C25H26FNO4/c1-15(27)21-7-5-8-22(25(21)26)20-11-17(10-19(12-20)16(2)28)14-31-23-9-4-3-6-18(23)13-24(29)30/h3-12,15-16,28H,13-14,27H2,1-2H3,(H,29,30)/t15-,16?/m0/s1. The number of nitrogens with two attached hydrogens (primary N) is 1. The fourth-order valence-electron chi connectivity index (χ4n) is 3.44. The van der Waals surface area contributed by atoms with Crippen LogP contribution in [0.5, 0.6) is 5.75 Å². The van der Waals surface area contributed by atoms with Gasteiger partial charge >= 0.3 is 5.97 Å². The van der Waals surface area contributed by atoms with Crippen LogP contribution in [0.4, 0.5) is 4.39 Å². The highest BCUT2D eigenvalue weighted by Gasteiger charge is 2.15. The van der Waals surface area contributed by atoms with Crippen LogP contribution >= 0.6 is 0 Å². The SMILES string of the molecule is CC(O)c1cc(COc2ccccc2CC(=O)O)cc(-c2cccc([C@H](C)N)c2F)c1. The molecule has 0 spiro atoms. The van der Waals surface area contributed by atoms with E-state index in [2.05, 4.69) is 0 Å². The lowest BCUT2D eigenvalue weighted by molar-refractivity contribution is -0.136. The lowest BCUT2D eigenvalue weighted by Crippen LogP contribution is -2.08. The molecule has 0 amide bonds. The van der Waals surface area contributed by atoms with E-state index in [-0.39, 0.29) is 18.8 Å². The maximum absolute atomic E-state index is 15.1. The normalized spacial score (nSPS) is 12.9. The minimum absolute atomic E-state index is 0.138. The number of aliphatic carboxylic acids is 1. The molecule has 0 saturated carbocycles. The van der Waals surface area contributed by atoms with Crippen molar-refractivity contribution in [2.45, 2.75) is 39.0 Å². The number of aliphatic hydroxyl groups is 1. The highest BCUT2D eigenvalue weighted by atomic mass is 19.1. The molecule has 0 fully saturated rings. The van der Waals surface area contributed by atoms with Gasteiger partial charge in [-0.1, -0.05) is 36.4 Å². The average Bonchev–Trinajstić information content (AvgIpc) is 2.72. The van der Waals surface area contributed by atoms with E-state index in [1.54, 1.807) is 74.5 Å². The minimum Gasteiger partial charge on any atom is -0.489 e. The molecule has 0 heterocycles. The molecular weight excluding hydrogens is 397 g/mol. The Bertz CT molecular complexity index is 1080. The topological polar surface area (TPSA) is 92.8 Å². The van der Waals surface area contributed by atoms with Crippen LogP contribution in [0.2, 0.25) is 0 Å². The van der Waals surface area contributed by atoms with E-state index in [4.69, 9.17) is 15.6 Å². The van der Waals surface area contributed by atoms with Gasteiger partial charge in [0, 0.05) is 22.7 Å². The van der Waals surface area contributed by atoms with Crippen LogP contribution < -0.4 is 10.5 Å². The molecule has 3 aromatic rings. The monoisotopic (exact) mass is 423 g/mol. The van der Waals surface area contributed by atoms with Gasteiger partial charge in [-0.05, 0) is 54.8 Å². The van der Waals surface area contributed by atoms with Gasteiger partial charge in [-0.2, -0.15) is 0 Å². The number of rotatable bonds is 8. The van der Waals surface area contributed by atoms with Crippen molar-refractivity contribution in [2.24, 2.45) is 5.73 Å². The number of benzene rings is 3. The Balaban J connectivity index is 1.96. The summed E-state index contributed by atoms with van der Waals surface area (Å²) in [6, 6.07) is 16.9. The highest BCUT2D eigenvalue weighted by molar-refractivity contribution is 5.71. The number of carboxylic acids is 1. The average molecular weight is 423 g/mol. The van der Waals surface area contributed by atoms with E-state index >= 15 is 4.39 Å². The molecule has 31 heavy (non-hydrogen) atoms. The van der Waals surface area contributed by atoms with E-state index < -0.39 is 18.1 Å². The summed E-state index contributed by atoms with van der Waals surface area (Å²) >= 11 is 0. The van der Waals surface area contributed by atoms with Crippen molar-refractivity contribution in [1.29, 1.82) is 0 Å². The molecular formula is C25H26FNO4. The molecule has 0 aromatic heterocycles. The first-order valence-corrected chi connectivity index (χ1v) is 10.0. The van der Waals surface area contributed by atoms with Crippen LogP contribution in [0.3, 0.4) is 0 Å². The zero-order valence-corrected chi connectivity index (χ0v) is 17.5. The van der Waals surface area contributed by atoms with Crippen molar-refractivity contribution in [3.63, 3.8) is 0 Å². The predicted molar refractivity (Wildman–Crippen MR) is 117 cm³/mol. The summed E-state index contributed by atoms with van der Waals surface area (Å²) in [6.45, 7) is 3.50. The molecule has 0 bridgehead atoms. The molecule has 4 N–H and O–H groups in total. The molecule has 162 valence electrons. The number of halogens is 1. The quantitative estimate of drug-likeness (QED) is 0.485. The van der Waals surface area contributed by atoms with Gasteiger partial charge in [-0.15, -0.1) is 0 Å². The second-order valence-corrected chi connectivity index (χ2v) is 7.60. The molecule has 6 heteroatoms. The fraction of sp³-hybridized carbons (Fsp3) is 0.240. The van der Waals surface area contributed by atoms with Crippen LogP contribution in [0.1, 0.15) is 48.2 Å². The predicted octanol–water partition coefficient (Wildman–Crippen LogP) is 4.77. The van der Waals surface area contributed by atoms with Crippen molar-refractivity contribution in [3.8, 4) is 16.9 Å². The molecule has 5 nitrogen and oxygen atoms in total. The van der Waals surface area contributed by atoms with Crippen molar-refractivity contribution >= 4 is 5.97 Å². The minimum atomic E-state index is -0.945. The zero-order valence-electron chi connectivity index (χ0n) is 17.5. The third-order valence-corrected chi connectivity index (χ3v) is 5.04. The number of carbonyl (C=O) groups is 1. The molecule has 3 rings (SSSR count). The Kier molecular flexibility index (Phi) is 7.05. The Hall–Kier alpha value is -3.22. The molecule has 1 unspecified atom stereocenters. The number of para-hydroxylation sites is 1. The van der Waals surface area contributed by atoms with Crippen molar-refractivity contribution in [2.75, 3.05) is 0 Å². The first-order valence-electron chi connectivity index (χ1n) is 10.0. The van der Waals surface area contributed by atoms with E-state index in [0.29, 0.717) is 33.6 Å². The van der Waals surface area contributed by atoms with Crippen LogP contribution in [0, 0.1) is 5.82 Å². The third-order valence-electron chi connectivity index (χ3n) is 5.04. The lowest BCUT2D eigenvalue weighted by atomic mass is 9.95. The highest BCUT2D eigenvalue weighted by Crippen LogP contribution is 2.31. The molecule has 0 saturated heterocycles. The summed E-state index contributed by atoms with van der Waals surface area (Å²) in [7, 11) is 0. The summed E-state index contributed by atoms with van der Waals surface area (Å²) in [5.74, 6) is -0.864. The van der Waals surface area contributed by atoms with Crippen molar-refractivity contribution in [3.05, 3.63) is 88.7 Å². The first-order chi connectivity index (χ1) is 14.8. The van der Waals surface area contributed by atoms with Gasteiger partial charge in [0.15, 0.2) is 0 Å². The first kappa shape index (κ1) is 22.5. The second-order valence-electron chi connectivity index (χ2n) is 7.60. The number of hydrogen-bond acceptors (Lipinski definition) is 4. The Morgan fingerprint density at radius 3 is 2.52 bits per heavy atom. The summed E-state index contributed by atoms with van der Waals surface area (Å²) < 4.78 is 21.0. The molecule has 0 aliphatic heterocycles. The van der Waals surface area contributed by atoms with Gasteiger partial charge < -0.3 is 20.7 Å². The summed E-state index contributed by atoms with van der Waals surface area (Å²) in [5, 5.41) is 19.2.